The molecule has 17 aromatic rings. The molecule has 0 amide bonds. The highest BCUT2D eigenvalue weighted by atomic mass is 28.3. The summed E-state index contributed by atoms with van der Waals surface area (Å²) in [5.74, 6) is -0.518. The Morgan fingerprint density at radius 2 is 0.491 bits per heavy atom. The molecule has 550 valence electrons. The Kier molecular flexibility index (Phi) is 16.4. The summed E-state index contributed by atoms with van der Waals surface area (Å²) in [6.07, 6.45) is 0. The normalized spacial score (nSPS) is 14.9. The summed E-state index contributed by atoms with van der Waals surface area (Å²) in [6, 6.07) is 152. The minimum atomic E-state index is -3.63. The predicted octanol–water partition coefficient (Wildman–Crippen LogP) is 23.2. The van der Waals surface area contributed by atoms with Crippen molar-refractivity contribution < 1.29 is 4.39 Å². The van der Waals surface area contributed by atoms with Gasteiger partial charge in [-0.05, 0) is 178 Å². The molecule has 1 spiro atoms. The van der Waals surface area contributed by atoms with Gasteiger partial charge in [0, 0.05) is 39.0 Å². The second kappa shape index (κ2) is 27.2. The van der Waals surface area contributed by atoms with E-state index in [0.717, 1.165) is 133 Å². The molecule has 0 saturated carbocycles. The summed E-state index contributed by atoms with van der Waals surface area (Å²) >= 11 is 0. The number of anilines is 6. The van der Waals surface area contributed by atoms with Gasteiger partial charge in [-0.1, -0.05) is 404 Å². The number of fused-ring (bicyclic) bond motifs is 10. The molecular weight excluding hydrogens is 1440 g/mol. The largest absolute Gasteiger partial charge is 0.318 e. The zero-order chi connectivity index (χ0) is 78.1. The average Bonchev–Trinajstić information content (AvgIpc) is 1.46. The van der Waals surface area contributed by atoms with Gasteiger partial charge in [-0.25, -0.2) is 9.24 Å². The van der Waals surface area contributed by atoms with Crippen molar-refractivity contribution in [3.05, 3.63) is 452 Å². The van der Waals surface area contributed by atoms with Crippen molar-refractivity contribution >= 4 is 97.5 Å². The summed E-state index contributed by atoms with van der Waals surface area (Å²) < 4.78 is 21.7. The van der Waals surface area contributed by atoms with E-state index < -0.39 is 38.2 Å². The summed E-state index contributed by atoms with van der Waals surface area (Å²) in [4.78, 5) is 9.87. The second-order valence-corrected chi connectivity index (χ2v) is 40.0. The summed E-state index contributed by atoms with van der Waals surface area (Å²) in [7, 11) is -7.26. The maximum absolute atomic E-state index is 21.7. The standard InChI is InChI=1S/C110H80FN3Si2/c1-108(2)102-103(109(3,4)110(108)92-68-80(74-36-16-6-17-37-74)56-62-90(92)91-63-57-81(69-93(91)110)75-38-18-7-19-39-75)106(113-94-64-58-82(76-40-20-8-21-41-76)70-98(94)115(86-48-28-12-29-49-86,87-50-30-13-31-51-87)99-71-83(59-65-95(99)113)77-42-22-9-23-43-77)107(105(112-5)104(102)111)114-96-66-60-84(78-44-24-10-25-45-78)72-100(96)116(88-52-32-14-33-53-88,89-54-34-15-35-55-89)101-73-85(61-67-97(101)114)79-46-26-11-27-47-79/h6-73H,1-4H3. The van der Waals surface area contributed by atoms with Crippen LogP contribution in [0.1, 0.15) is 49.9 Å². The van der Waals surface area contributed by atoms with Crippen molar-refractivity contribution in [3.63, 3.8) is 0 Å². The Morgan fingerprint density at radius 1 is 0.259 bits per heavy atom. The molecule has 2 aliphatic heterocycles. The summed E-state index contributed by atoms with van der Waals surface area (Å²) in [5, 5.41) is 9.43. The molecule has 4 aliphatic rings. The lowest BCUT2D eigenvalue weighted by Gasteiger charge is -2.51. The van der Waals surface area contributed by atoms with Crippen LogP contribution in [0.15, 0.2) is 413 Å². The highest BCUT2D eigenvalue weighted by Crippen LogP contribution is 2.75. The third-order valence-electron chi connectivity index (χ3n) is 26.2. The molecule has 116 heavy (non-hydrogen) atoms. The first-order valence-corrected chi connectivity index (χ1v) is 44.3. The molecule has 3 nitrogen and oxygen atoms in total. The van der Waals surface area contributed by atoms with Gasteiger partial charge < -0.3 is 9.80 Å². The van der Waals surface area contributed by atoms with Crippen molar-refractivity contribution in [1.82, 2.24) is 0 Å². The molecule has 17 aromatic carbocycles. The smallest absolute Gasteiger partial charge is 0.247 e. The molecule has 0 bridgehead atoms. The third kappa shape index (κ3) is 10.1. The molecule has 0 saturated heterocycles. The molecule has 0 aromatic heterocycles. The molecule has 2 aliphatic carbocycles. The minimum Gasteiger partial charge on any atom is -0.318 e. The first-order valence-electron chi connectivity index (χ1n) is 40.3. The van der Waals surface area contributed by atoms with Crippen molar-refractivity contribution in [2.75, 3.05) is 9.80 Å². The average molecular weight is 1520 g/mol. The van der Waals surface area contributed by atoms with Gasteiger partial charge in [0.2, 0.25) is 5.69 Å². The monoisotopic (exact) mass is 1520 g/mol. The fraction of sp³-hybridized carbons (Fsp3) is 0.0636. The quantitative estimate of drug-likeness (QED) is 0.0892. The van der Waals surface area contributed by atoms with E-state index in [4.69, 9.17) is 4.85 Å². The first kappa shape index (κ1) is 70.1. The zero-order valence-corrected chi connectivity index (χ0v) is 67.0. The van der Waals surface area contributed by atoms with E-state index in [0.29, 0.717) is 11.3 Å². The zero-order valence-electron chi connectivity index (χ0n) is 65.0. The van der Waals surface area contributed by atoms with Crippen LogP contribution >= 0.6 is 0 Å². The van der Waals surface area contributed by atoms with E-state index in [1.165, 1.54) is 31.1 Å². The Labute approximate surface area is 680 Å². The van der Waals surface area contributed by atoms with Crippen LogP contribution in [-0.4, -0.2) is 16.1 Å². The lowest BCUT2D eigenvalue weighted by atomic mass is 9.52. The molecule has 0 unspecified atom stereocenters. The summed E-state index contributed by atoms with van der Waals surface area (Å²) in [6.45, 7) is 19.9. The van der Waals surface area contributed by atoms with Crippen LogP contribution in [0.5, 0.6) is 0 Å². The van der Waals surface area contributed by atoms with Crippen molar-refractivity contribution in [3.8, 4) is 77.9 Å². The van der Waals surface area contributed by atoms with Gasteiger partial charge >= 0.3 is 0 Å². The molecule has 0 radical (unpaired) electrons. The maximum atomic E-state index is 21.7. The maximum Gasteiger partial charge on any atom is 0.247 e. The minimum absolute atomic E-state index is 0.0518. The second-order valence-electron chi connectivity index (χ2n) is 32.5. The van der Waals surface area contributed by atoms with Gasteiger partial charge in [0.15, 0.2) is 16.1 Å². The number of nitrogens with zero attached hydrogens (tertiary/aromatic N) is 3. The Morgan fingerprint density at radius 3 is 0.759 bits per heavy atom. The Balaban J connectivity index is 0.983. The summed E-state index contributed by atoms with van der Waals surface area (Å²) in [5.41, 5.74) is 20.4. The first-order chi connectivity index (χ1) is 57.0. The highest BCUT2D eigenvalue weighted by molar-refractivity contribution is 7.22. The van der Waals surface area contributed by atoms with Crippen LogP contribution in [0.25, 0.3) is 82.7 Å². The lowest BCUT2D eigenvalue weighted by Crippen LogP contribution is -2.77. The predicted molar refractivity (Wildman–Crippen MR) is 488 cm³/mol. The van der Waals surface area contributed by atoms with Gasteiger partial charge in [-0.15, -0.1) is 0 Å². The van der Waals surface area contributed by atoms with E-state index >= 15 is 4.39 Å². The van der Waals surface area contributed by atoms with Gasteiger partial charge in [-0.3, -0.25) is 0 Å². The van der Waals surface area contributed by atoms with Crippen molar-refractivity contribution in [1.29, 1.82) is 0 Å². The number of benzene rings is 17. The van der Waals surface area contributed by atoms with Crippen LogP contribution in [0.4, 0.5) is 44.2 Å². The molecule has 0 N–H and O–H groups in total. The van der Waals surface area contributed by atoms with Gasteiger partial charge in [-0.2, -0.15) is 0 Å². The molecule has 21 rings (SSSR count). The van der Waals surface area contributed by atoms with Crippen LogP contribution in [0.2, 0.25) is 0 Å². The number of hydrogen-bond donors (Lipinski definition) is 0. The van der Waals surface area contributed by atoms with E-state index in [2.05, 4.69) is 450 Å². The van der Waals surface area contributed by atoms with Crippen LogP contribution < -0.4 is 51.3 Å². The van der Waals surface area contributed by atoms with Crippen LogP contribution in [-0.2, 0) is 16.2 Å². The molecule has 6 heteroatoms. The lowest BCUT2D eigenvalue weighted by molar-refractivity contribution is 0.229. The van der Waals surface area contributed by atoms with Gasteiger partial charge in [0.05, 0.1) is 17.9 Å². The highest BCUT2D eigenvalue weighted by Gasteiger charge is 2.70. The third-order valence-corrected chi connectivity index (χ3v) is 35.9. The topological polar surface area (TPSA) is 10.8 Å². The van der Waals surface area contributed by atoms with Crippen LogP contribution in [0, 0.1) is 12.4 Å². The number of hydrogen-bond acceptors (Lipinski definition) is 2. The fourth-order valence-corrected chi connectivity index (χ4v) is 31.9. The molecule has 2 heterocycles. The molecule has 0 fully saturated rings. The van der Waals surface area contributed by atoms with Gasteiger partial charge in [0.25, 0.3) is 0 Å². The Hall–Kier alpha value is -13.8. The number of rotatable bonds is 12. The van der Waals surface area contributed by atoms with E-state index in [9.17, 15) is 6.57 Å². The Bertz CT molecular complexity index is 6400. The number of halogens is 1. The SMILES string of the molecule is [C-]#[N+]c1c(F)c2c(c(N3c4ccc(-c5ccccc5)cc4[Si](c4ccccc4)(c4ccccc4)c4cc(-c5ccccc5)ccc43)c1N1c3ccc(-c4ccccc4)cc3[Si](c3ccccc3)(c3ccccc3)c3cc(-c4ccccc4)ccc31)C(C)(C)C1(c3cc(-c4ccccc4)ccc3-c3ccc(-c4ccccc4)cc31)C2(C)C. The molecular formula is C110H80FN3Si2. The van der Waals surface area contributed by atoms with E-state index in [-0.39, 0.29) is 5.69 Å². The van der Waals surface area contributed by atoms with E-state index in [1.54, 1.807) is 0 Å². The van der Waals surface area contributed by atoms with Crippen molar-refractivity contribution in [2.45, 2.75) is 43.9 Å². The fourth-order valence-electron chi connectivity index (χ4n) is 21.6. The van der Waals surface area contributed by atoms with Gasteiger partial charge in [0.1, 0.15) is 5.82 Å². The molecule has 0 atom stereocenters. The van der Waals surface area contributed by atoms with E-state index in [1.807, 2.05) is 0 Å². The van der Waals surface area contributed by atoms with Crippen LogP contribution in [0.3, 0.4) is 0 Å². The van der Waals surface area contributed by atoms with Crippen molar-refractivity contribution in [2.24, 2.45) is 0 Å².